The summed E-state index contributed by atoms with van der Waals surface area (Å²) >= 11 is 0. The Morgan fingerprint density at radius 1 is 1.15 bits per heavy atom. The van der Waals surface area contributed by atoms with Gasteiger partial charge >= 0.3 is 0 Å². The van der Waals surface area contributed by atoms with Gasteiger partial charge in [0, 0.05) is 32.2 Å². The lowest BCUT2D eigenvalue weighted by Gasteiger charge is -2.37. The molecule has 2 rings (SSSR count). The molecule has 0 bridgehead atoms. The van der Waals surface area contributed by atoms with Gasteiger partial charge in [0.25, 0.3) is 0 Å². The van der Waals surface area contributed by atoms with Crippen LogP contribution in [0, 0.1) is 0 Å². The molecular formula is C17H29N3. The summed E-state index contributed by atoms with van der Waals surface area (Å²) in [6.45, 7) is 11.2. The van der Waals surface area contributed by atoms with E-state index in [1.54, 1.807) is 0 Å². The second-order valence-electron chi connectivity index (χ2n) is 5.98. The second kappa shape index (κ2) is 7.77. The molecule has 1 unspecified atom stereocenters. The Labute approximate surface area is 124 Å². The highest BCUT2D eigenvalue weighted by Crippen LogP contribution is 2.12. The van der Waals surface area contributed by atoms with Gasteiger partial charge in [-0.25, -0.2) is 0 Å². The summed E-state index contributed by atoms with van der Waals surface area (Å²) in [6, 6.07) is 9.83. The minimum atomic E-state index is 0.670. The van der Waals surface area contributed by atoms with Gasteiger partial charge in [-0.1, -0.05) is 31.2 Å². The molecule has 3 nitrogen and oxygen atoms in total. The van der Waals surface area contributed by atoms with Crippen LogP contribution in [0.4, 0.5) is 0 Å². The van der Waals surface area contributed by atoms with Crippen molar-refractivity contribution in [2.45, 2.75) is 32.9 Å². The van der Waals surface area contributed by atoms with Crippen molar-refractivity contribution in [3.05, 3.63) is 35.4 Å². The number of piperazine rings is 1. The number of hydrogen-bond acceptors (Lipinski definition) is 3. The standard InChI is InChI=1S/C17H29N3/c1-4-18-10-9-16-5-7-17(8-6-16)14-20-12-11-19(3)15(2)13-20/h5-8,15,18H,4,9-14H2,1-3H3. The van der Waals surface area contributed by atoms with Crippen LogP contribution in [0.5, 0.6) is 0 Å². The number of hydrogen-bond donors (Lipinski definition) is 1. The molecule has 1 N–H and O–H groups in total. The van der Waals surface area contributed by atoms with Crippen molar-refractivity contribution in [1.29, 1.82) is 0 Å². The van der Waals surface area contributed by atoms with Crippen LogP contribution in [0.3, 0.4) is 0 Å². The molecule has 1 heterocycles. The molecule has 1 aliphatic heterocycles. The summed E-state index contributed by atoms with van der Waals surface area (Å²) in [4.78, 5) is 5.01. The first-order valence-electron chi connectivity index (χ1n) is 7.90. The average Bonchev–Trinajstić information content (AvgIpc) is 2.45. The van der Waals surface area contributed by atoms with Crippen LogP contribution in [0.25, 0.3) is 0 Å². The van der Waals surface area contributed by atoms with E-state index in [0.717, 1.165) is 26.1 Å². The third-order valence-electron chi connectivity index (χ3n) is 4.31. The lowest BCUT2D eigenvalue weighted by molar-refractivity contribution is 0.1000. The van der Waals surface area contributed by atoms with Crippen LogP contribution in [0.2, 0.25) is 0 Å². The van der Waals surface area contributed by atoms with Gasteiger partial charge in [0.1, 0.15) is 0 Å². The minimum Gasteiger partial charge on any atom is -0.317 e. The van der Waals surface area contributed by atoms with Gasteiger partial charge in [-0.05, 0) is 44.6 Å². The Bertz CT molecular complexity index is 388. The maximum Gasteiger partial charge on any atom is 0.0234 e. The van der Waals surface area contributed by atoms with E-state index >= 15 is 0 Å². The molecule has 1 aromatic rings. The molecule has 1 fully saturated rings. The normalized spacial score (nSPS) is 21.2. The van der Waals surface area contributed by atoms with E-state index in [1.165, 1.54) is 30.8 Å². The van der Waals surface area contributed by atoms with E-state index in [1.807, 2.05) is 0 Å². The zero-order valence-corrected chi connectivity index (χ0v) is 13.2. The van der Waals surface area contributed by atoms with E-state index in [0.29, 0.717) is 6.04 Å². The molecule has 3 heteroatoms. The molecule has 1 aromatic carbocycles. The first-order valence-corrected chi connectivity index (χ1v) is 7.90. The summed E-state index contributed by atoms with van der Waals surface area (Å²) in [5.74, 6) is 0. The van der Waals surface area contributed by atoms with E-state index in [9.17, 15) is 0 Å². The van der Waals surface area contributed by atoms with E-state index in [4.69, 9.17) is 0 Å². The van der Waals surface area contributed by atoms with Crippen molar-refractivity contribution in [2.75, 3.05) is 39.8 Å². The van der Waals surface area contributed by atoms with Crippen LogP contribution in [0.1, 0.15) is 25.0 Å². The predicted octanol–water partition coefficient (Wildman–Crippen LogP) is 1.97. The molecular weight excluding hydrogens is 246 g/mol. The smallest absolute Gasteiger partial charge is 0.0234 e. The highest BCUT2D eigenvalue weighted by Gasteiger charge is 2.20. The summed E-state index contributed by atoms with van der Waals surface area (Å²) in [5, 5.41) is 3.37. The zero-order chi connectivity index (χ0) is 14.4. The van der Waals surface area contributed by atoms with Crippen LogP contribution in [0.15, 0.2) is 24.3 Å². The Kier molecular flexibility index (Phi) is 6.02. The van der Waals surface area contributed by atoms with Crippen molar-refractivity contribution in [3.8, 4) is 0 Å². The van der Waals surface area contributed by atoms with E-state index in [-0.39, 0.29) is 0 Å². The molecule has 20 heavy (non-hydrogen) atoms. The van der Waals surface area contributed by atoms with Gasteiger partial charge in [-0.15, -0.1) is 0 Å². The molecule has 0 amide bonds. The quantitative estimate of drug-likeness (QED) is 0.801. The molecule has 1 saturated heterocycles. The predicted molar refractivity (Wildman–Crippen MR) is 86.1 cm³/mol. The number of benzene rings is 1. The number of likely N-dealkylation sites (N-methyl/N-ethyl adjacent to an activating group) is 2. The monoisotopic (exact) mass is 275 g/mol. The SMILES string of the molecule is CCNCCc1ccc(CN2CCN(C)C(C)C2)cc1. The summed E-state index contributed by atoms with van der Waals surface area (Å²) in [5.41, 5.74) is 2.87. The minimum absolute atomic E-state index is 0.670. The molecule has 1 atom stereocenters. The average molecular weight is 275 g/mol. The highest BCUT2D eigenvalue weighted by atomic mass is 15.3. The van der Waals surface area contributed by atoms with Crippen molar-refractivity contribution < 1.29 is 0 Å². The molecule has 0 saturated carbocycles. The highest BCUT2D eigenvalue weighted by molar-refractivity contribution is 5.22. The van der Waals surface area contributed by atoms with Crippen LogP contribution in [-0.4, -0.2) is 55.6 Å². The summed E-state index contributed by atoms with van der Waals surface area (Å²) < 4.78 is 0. The third kappa shape index (κ3) is 4.58. The van der Waals surface area contributed by atoms with Gasteiger partial charge in [0.15, 0.2) is 0 Å². The van der Waals surface area contributed by atoms with Crippen LogP contribution in [-0.2, 0) is 13.0 Å². The molecule has 0 spiro atoms. The maximum atomic E-state index is 3.37. The van der Waals surface area contributed by atoms with E-state index < -0.39 is 0 Å². The second-order valence-corrected chi connectivity index (χ2v) is 5.98. The van der Waals surface area contributed by atoms with Crippen molar-refractivity contribution in [1.82, 2.24) is 15.1 Å². The largest absolute Gasteiger partial charge is 0.317 e. The first-order chi connectivity index (χ1) is 9.69. The third-order valence-corrected chi connectivity index (χ3v) is 4.31. The molecule has 112 valence electrons. The van der Waals surface area contributed by atoms with Crippen molar-refractivity contribution in [3.63, 3.8) is 0 Å². The summed E-state index contributed by atoms with van der Waals surface area (Å²) in [7, 11) is 2.22. The van der Waals surface area contributed by atoms with Crippen molar-refractivity contribution >= 4 is 0 Å². The topological polar surface area (TPSA) is 18.5 Å². The Morgan fingerprint density at radius 2 is 1.85 bits per heavy atom. The Morgan fingerprint density at radius 3 is 2.50 bits per heavy atom. The molecule has 0 aliphatic carbocycles. The zero-order valence-electron chi connectivity index (χ0n) is 13.2. The van der Waals surface area contributed by atoms with Crippen LogP contribution < -0.4 is 5.32 Å². The first kappa shape index (κ1) is 15.5. The van der Waals surface area contributed by atoms with Gasteiger partial charge in [0.2, 0.25) is 0 Å². The van der Waals surface area contributed by atoms with Crippen molar-refractivity contribution in [2.24, 2.45) is 0 Å². The van der Waals surface area contributed by atoms with Gasteiger partial charge < -0.3 is 10.2 Å². The van der Waals surface area contributed by atoms with Gasteiger partial charge in [0.05, 0.1) is 0 Å². The fourth-order valence-corrected chi connectivity index (χ4v) is 2.75. The van der Waals surface area contributed by atoms with Gasteiger partial charge in [-0.3, -0.25) is 4.90 Å². The van der Waals surface area contributed by atoms with Gasteiger partial charge in [-0.2, -0.15) is 0 Å². The van der Waals surface area contributed by atoms with E-state index in [2.05, 4.69) is 60.3 Å². The molecule has 0 aromatic heterocycles. The Hall–Kier alpha value is -0.900. The summed E-state index contributed by atoms with van der Waals surface area (Å²) in [6.07, 6.45) is 1.12. The maximum absolute atomic E-state index is 3.37. The Balaban J connectivity index is 1.81. The fraction of sp³-hybridized carbons (Fsp3) is 0.647. The molecule has 1 aliphatic rings. The lowest BCUT2D eigenvalue weighted by atomic mass is 10.1. The molecule has 0 radical (unpaired) electrons. The number of nitrogens with one attached hydrogen (secondary N) is 1. The lowest BCUT2D eigenvalue weighted by Crippen LogP contribution is -2.49. The fourth-order valence-electron chi connectivity index (χ4n) is 2.75. The number of rotatable bonds is 6. The number of nitrogens with zero attached hydrogens (tertiary/aromatic N) is 2. The van der Waals surface area contributed by atoms with Crippen LogP contribution >= 0.6 is 0 Å².